The van der Waals surface area contributed by atoms with Crippen LogP contribution in [0, 0.1) is 5.92 Å². The number of hydrogen-bond donors (Lipinski definition) is 1. The van der Waals surface area contributed by atoms with Crippen molar-refractivity contribution < 1.29 is 19.4 Å². The number of methoxy groups -OCH3 is 1. The van der Waals surface area contributed by atoms with Gasteiger partial charge in [0.05, 0.1) is 6.10 Å². The van der Waals surface area contributed by atoms with E-state index in [1.165, 1.54) is 0 Å². The maximum absolute atomic E-state index is 12.8. The summed E-state index contributed by atoms with van der Waals surface area (Å²) in [7, 11) is 1.66. The Hall–Kier alpha value is -1.30. The van der Waals surface area contributed by atoms with E-state index in [1.54, 1.807) is 16.9 Å². The number of urea groups is 1. The van der Waals surface area contributed by atoms with Crippen molar-refractivity contribution in [2.75, 3.05) is 20.2 Å². The van der Waals surface area contributed by atoms with Crippen LogP contribution in [0.2, 0.25) is 0 Å². The van der Waals surface area contributed by atoms with Gasteiger partial charge in [-0.2, -0.15) is 0 Å². The summed E-state index contributed by atoms with van der Waals surface area (Å²) in [6.45, 7) is 1.24. The number of ether oxygens (including phenoxy) is 1. The Bertz CT molecular complexity index is 428. The molecule has 2 amide bonds. The monoisotopic (exact) mass is 296 g/mol. The molecule has 1 saturated carbocycles. The zero-order valence-electron chi connectivity index (χ0n) is 12.5. The normalized spacial score (nSPS) is 35.9. The van der Waals surface area contributed by atoms with Crippen molar-refractivity contribution in [1.82, 2.24) is 9.80 Å². The largest absolute Gasteiger partial charge is 0.480 e. The molecule has 3 rings (SSSR count). The van der Waals surface area contributed by atoms with E-state index in [4.69, 9.17) is 4.74 Å². The number of aliphatic carboxylic acids is 1. The van der Waals surface area contributed by atoms with Gasteiger partial charge in [-0.15, -0.1) is 0 Å². The smallest absolute Gasteiger partial charge is 0.326 e. The van der Waals surface area contributed by atoms with Crippen LogP contribution in [0.4, 0.5) is 4.79 Å². The first-order valence-electron chi connectivity index (χ1n) is 7.94. The average Bonchev–Trinajstić information content (AvgIpc) is 3.11. The summed E-state index contributed by atoms with van der Waals surface area (Å²) < 4.78 is 5.31. The van der Waals surface area contributed by atoms with Gasteiger partial charge in [0.25, 0.3) is 0 Å². The number of carboxylic acids is 1. The topological polar surface area (TPSA) is 70.1 Å². The molecule has 6 nitrogen and oxygen atoms in total. The second-order valence-corrected chi connectivity index (χ2v) is 6.48. The Balaban J connectivity index is 1.76. The molecular formula is C15H24N2O4. The van der Waals surface area contributed by atoms with Crippen LogP contribution in [0.3, 0.4) is 0 Å². The summed E-state index contributed by atoms with van der Waals surface area (Å²) in [5.41, 5.74) is 0. The number of likely N-dealkylation sites (tertiary alicyclic amines) is 2. The summed E-state index contributed by atoms with van der Waals surface area (Å²) in [5.74, 6) is -0.495. The summed E-state index contributed by atoms with van der Waals surface area (Å²) in [4.78, 5) is 27.8. The number of hydrogen-bond acceptors (Lipinski definition) is 3. The quantitative estimate of drug-likeness (QED) is 0.839. The Labute approximate surface area is 125 Å². The van der Waals surface area contributed by atoms with Gasteiger partial charge in [-0.05, 0) is 31.6 Å². The molecule has 118 valence electrons. The third kappa shape index (κ3) is 2.61. The van der Waals surface area contributed by atoms with Gasteiger partial charge >= 0.3 is 12.0 Å². The fraction of sp³-hybridized carbons (Fsp3) is 0.867. The third-order valence-corrected chi connectivity index (χ3v) is 5.34. The lowest BCUT2D eigenvalue weighted by molar-refractivity contribution is -0.141. The summed E-state index contributed by atoms with van der Waals surface area (Å²) >= 11 is 0. The van der Waals surface area contributed by atoms with E-state index in [1.807, 2.05) is 0 Å². The number of nitrogens with zero attached hydrogens (tertiary/aromatic N) is 2. The second-order valence-electron chi connectivity index (χ2n) is 6.48. The van der Waals surface area contributed by atoms with Crippen LogP contribution in [-0.4, -0.2) is 65.3 Å². The van der Waals surface area contributed by atoms with Crippen LogP contribution < -0.4 is 0 Å². The highest BCUT2D eigenvalue weighted by Gasteiger charge is 2.49. The van der Waals surface area contributed by atoms with Gasteiger partial charge in [-0.25, -0.2) is 9.59 Å². The van der Waals surface area contributed by atoms with E-state index in [9.17, 15) is 14.7 Å². The third-order valence-electron chi connectivity index (χ3n) is 5.34. The highest BCUT2D eigenvalue weighted by Crippen LogP contribution is 2.40. The van der Waals surface area contributed by atoms with Crippen LogP contribution in [0.15, 0.2) is 0 Å². The lowest BCUT2D eigenvalue weighted by Crippen LogP contribution is -2.51. The molecule has 2 heterocycles. The molecule has 0 spiro atoms. The molecule has 0 aromatic heterocycles. The fourth-order valence-electron chi connectivity index (χ4n) is 4.21. The van der Waals surface area contributed by atoms with Crippen molar-refractivity contribution >= 4 is 12.0 Å². The Kier molecular flexibility index (Phi) is 4.06. The second kappa shape index (κ2) is 5.83. The number of carbonyl (C=O) groups excluding carboxylic acids is 1. The molecule has 6 heteroatoms. The zero-order chi connectivity index (χ0) is 15.0. The van der Waals surface area contributed by atoms with Gasteiger partial charge < -0.3 is 19.6 Å². The van der Waals surface area contributed by atoms with Crippen molar-refractivity contribution in [2.24, 2.45) is 5.92 Å². The van der Waals surface area contributed by atoms with Crippen molar-refractivity contribution in [3.8, 4) is 0 Å². The van der Waals surface area contributed by atoms with Crippen LogP contribution in [-0.2, 0) is 9.53 Å². The highest BCUT2D eigenvalue weighted by atomic mass is 16.5. The Morgan fingerprint density at radius 2 is 1.95 bits per heavy atom. The van der Waals surface area contributed by atoms with E-state index in [0.717, 1.165) is 32.1 Å². The van der Waals surface area contributed by atoms with Crippen molar-refractivity contribution in [3.05, 3.63) is 0 Å². The van der Waals surface area contributed by atoms with Gasteiger partial charge in [0, 0.05) is 26.2 Å². The molecule has 3 aliphatic rings. The molecule has 1 N–H and O–H groups in total. The molecule has 2 saturated heterocycles. The molecule has 2 aliphatic heterocycles. The number of amides is 2. The van der Waals surface area contributed by atoms with Crippen LogP contribution in [0.5, 0.6) is 0 Å². The first kappa shape index (κ1) is 14.6. The summed E-state index contributed by atoms with van der Waals surface area (Å²) in [6.07, 6.45) is 5.79. The minimum absolute atomic E-state index is 0.0852. The van der Waals surface area contributed by atoms with Gasteiger partial charge in [0.15, 0.2) is 0 Å². The van der Waals surface area contributed by atoms with Gasteiger partial charge in [-0.1, -0.05) is 12.8 Å². The minimum atomic E-state index is -0.861. The summed E-state index contributed by atoms with van der Waals surface area (Å²) in [6, 6.07) is -0.627. The first-order chi connectivity index (χ1) is 10.1. The van der Waals surface area contributed by atoms with Crippen LogP contribution in [0.25, 0.3) is 0 Å². The van der Waals surface area contributed by atoms with E-state index >= 15 is 0 Å². The van der Waals surface area contributed by atoms with Crippen molar-refractivity contribution in [3.63, 3.8) is 0 Å². The number of carbonyl (C=O) groups is 2. The molecule has 3 fully saturated rings. The SMILES string of the molecule is COC1CCN(C(=O)N2C(C(=O)O)CC3CCCCC32)C1. The van der Waals surface area contributed by atoms with Crippen molar-refractivity contribution in [1.29, 1.82) is 0 Å². The molecule has 4 unspecified atom stereocenters. The predicted octanol–water partition coefficient (Wildman–Crippen LogP) is 1.54. The fourth-order valence-corrected chi connectivity index (χ4v) is 4.21. The molecule has 0 aromatic carbocycles. The van der Waals surface area contributed by atoms with Crippen LogP contribution in [0.1, 0.15) is 38.5 Å². The van der Waals surface area contributed by atoms with Gasteiger partial charge in [0.1, 0.15) is 6.04 Å². The Morgan fingerprint density at radius 1 is 1.19 bits per heavy atom. The standard InChI is InChI=1S/C15H24N2O4/c1-21-11-6-7-16(9-11)15(20)17-12-5-3-2-4-10(12)8-13(17)14(18)19/h10-13H,2-9H2,1H3,(H,18,19). The average molecular weight is 296 g/mol. The van der Waals surface area contributed by atoms with Crippen molar-refractivity contribution in [2.45, 2.75) is 56.7 Å². The van der Waals surface area contributed by atoms with E-state index in [0.29, 0.717) is 25.4 Å². The number of rotatable bonds is 2. The molecule has 0 aromatic rings. The van der Waals surface area contributed by atoms with E-state index in [2.05, 4.69) is 0 Å². The molecule has 1 aliphatic carbocycles. The first-order valence-corrected chi connectivity index (χ1v) is 7.94. The van der Waals surface area contributed by atoms with Gasteiger partial charge in [0.2, 0.25) is 0 Å². The van der Waals surface area contributed by atoms with Gasteiger partial charge in [-0.3, -0.25) is 0 Å². The maximum atomic E-state index is 12.8. The maximum Gasteiger partial charge on any atom is 0.326 e. The molecule has 21 heavy (non-hydrogen) atoms. The zero-order valence-corrected chi connectivity index (χ0v) is 12.5. The highest BCUT2D eigenvalue weighted by molar-refractivity contribution is 5.84. The summed E-state index contributed by atoms with van der Waals surface area (Å²) in [5, 5.41) is 9.48. The predicted molar refractivity (Wildman–Crippen MR) is 76.0 cm³/mol. The Morgan fingerprint density at radius 3 is 2.62 bits per heavy atom. The van der Waals surface area contributed by atoms with Crippen LogP contribution >= 0.6 is 0 Å². The minimum Gasteiger partial charge on any atom is -0.480 e. The van der Waals surface area contributed by atoms with E-state index < -0.39 is 12.0 Å². The lowest BCUT2D eigenvalue weighted by atomic mass is 9.85. The number of carboxylic acid groups (broad SMARTS) is 1. The van der Waals surface area contributed by atoms with E-state index in [-0.39, 0.29) is 18.2 Å². The molecule has 0 radical (unpaired) electrons. The lowest BCUT2D eigenvalue weighted by Gasteiger charge is -2.35. The molecule has 4 atom stereocenters. The number of fused-ring (bicyclic) bond motifs is 1. The molecular weight excluding hydrogens is 272 g/mol. The molecule has 0 bridgehead atoms.